The fourth-order valence-electron chi connectivity index (χ4n) is 3.23. The highest BCUT2D eigenvalue weighted by atomic mass is 16.5. The van der Waals surface area contributed by atoms with Crippen molar-refractivity contribution in [3.8, 4) is 0 Å². The summed E-state index contributed by atoms with van der Waals surface area (Å²) in [6.07, 6.45) is 4.79. The monoisotopic (exact) mass is 231 g/mol. The zero-order chi connectivity index (χ0) is 11.7. The van der Waals surface area contributed by atoms with Gasteiger partial charge in [-0.25, -0.2) is 0 Å². The lowest BCUT2D eigenvalue weighted by Gasteiger charge is -2.42. The van der Waals surface area contributed by atoms with Crippen LogP contribution in [0.3, 0.4) is 0 Å². The molecule has 0 aromatic heterocycles. The van der Waals surface area contributed by atoms with E-state index >= 15 is 0 Å². The van der Waals surface area contributed by atoms with Crippen LogP contribution in [0.4, 0.5) is 0 Å². The smallest absolute Gasteiger partial charge is 0.0475 e. The quantitative estimate of drug-likeness (QED) is 0.867. The van der Waals surface area contributed by atoms with E-state index in [1.807, 2.05) is 0 Å². The molecule has 2 aliphatic rings. The molecule has 2 fully saturated rings. The summed E-state index contributed by atoms with van der Waals surface area (Å²) in [5, 5.41) is 0. The number of nitrogens with two attached hydrogens (primary N) is 1. The first kappa shape index (κ1) is 11.2. The van der Waals surface area contributed by atoms with Crippen molar-refractivity contribution in [2.24, 2.45) is 11.7 Å². The van der Waals surface area contributed by atoms with Gasteiger partial charge in [0.2, 0.25) is 0 Å². The van der Waals surface area contributed by atoms with Crippen molar-refractivity contribution in [3.05, 3.63) is 35.9 Å². The summed E-state index contributed by atoms with van der Waals surface area (Å²) < 4.78 is 5.54. The molecule has 1 saturated carbocycles. The molecule has 1 saturated heterocycles. The first-order valence-corrected chi connectivity index (χ1v) is 6.72. The minimum Gasteiger partial charge on any atom is -0.381 e. The van der Waals surface area contributed by atoms with Gasteiger partial charge in [0.25, 0.3) is 0 Å². The third kappa shape index (κ3) is 2.00. The largest absolute Gasteiger partial charge is 0.381 e. The van der Waals surface area contributed by atoms with Gasteiger partial charge in [-0.2, -0.15) is 0 Å². The summed E-state index contributed by atoms with van der Waals surface area (Å²) in [6.45, 7) is 1.71. The van der Waals surface area contributed by atoms with Crippen LogP contribution in [0, 0.1) is 5.92 Å². The van der Waals surface area contributed by atoms with E-state index < -0.39 is 0 Å². The third-order valence-corrected chi connectivity index (χ3v) is 4.50. The number of hydrogen-bond acceptors (Lipinski definition) is 2. The molecule has 2 heteroatoms. The molecule has 3 rings (SSSR count). The van der Waals surface area contributed by atoms with Crippen molar-refractivity contribution < 1.29 is 4.74 Å². The van der Waals surface area contributed by atoms with Crippen LogP contribution in [0.15, 0.2) is 30.3 Å². The zero-order valence-corrected chi connectivity index (χ0v) is 10.3. The Morgan fingerprint density at radius 1 is 1.12 bits per heavy atom. The molecule has 2 N–H and O–H groups in total. The summed E-state index contributed by atoms with van der Waals surface area (Å²) in [5.41, 5.74) is 8.15. The van der Waals surface area contributed by atoms with Gasteiger partial charge >= 0.3 is 0 Å². The maximum absolute atomic E-state index is 6.57. The van der Waals surface area contributed by atoms with Gasteiger partial charge in [-0.15, -0.1) is 0 Å². The molecular weight excluding hydrogens is 210 g/mol. The van der Waals surface area contributed by atoms with Crippen molar-refractivity contribution in [2.75, 3.05) is 13.2 Å². The van der Waals surface area contributed by atoms with Crippen LogP contribution < -0.4 is 5.73 Å². The normalized spacial score (nSPS) is 25.5. The first-order valence-electron chi connectivity index (χ1n) is 6.72. The molecule has 1 aromatic carbocycles. The molecule has 17 heavy (non-hydrogen) atoms. The van der Waals surface area contributed by atoms with Crippen LogP contribution in [0.1, 0.15) is 31.2 Å². The summed E-state index contributed by atoms with van der Waals surface area (Å²) in [6, 6.07) is 11.1. The van der Waals surface area contributed by atoms with E-state index in [-0.39, 0.29) is 5.41 Å². The minimum atomic E-state index is 0.167. The van der Waals surface area contributed by atoms with Gasteiger partial charge in [-0.3, -0.25) is 0 Å². The van der Waals surface area contributed by atoms with Crippen LogP contribution >= 0.6 is 0 Å². The topological polar surface area (TPSA) is 35.2 Å². The SMILES string of the molecule is NC(C1CC1)C1(c2ccccc2)CCOCC1. The van der Waals surface area contributed by atoms with E-state index in [0.29, 0.717) is 6.04 Å². The predicted octanol–water partition coefficient (Wildman–Crippen LogP) is 2.47. The summed E-state index contributed by atoms with van der Waals surface area (Å²) in [7, 11) is 0. The molecule has 1 aromatic rings. The Labute approximate surface area is 103 Å². The Hall–Kier alpha value is -0.860. The summed E-state index contributed by atoms with van der Waals surface area (Å²) in [4.78, 5) is 0. The first-order chi connectivity index (χ1) is 8.33. The Morgan fingerprint density at radius 2 is 1.76 bits per heavy atom. The average molecular weight is 231 g/mol. The molecule has 0 spiro atoms. The lowest BCUT2D eigenvalue weighted by atomic mass is 9.67. The standard InChI is InChI=1S/C15H21NO/c16-14(12-6-7-12)15(8-10-17-11-9-15)13-4-2-1-3-5-13/h1-5,12,14H,6-11,16H2. The van der Waals surface area contributed by atoms with Gasteiger partial charge in [0.1, 0.15) is 0 Å². The van der Waals surface area contributed by atoms with Gasteiger partial charge < -0.3 is 10.5 Å². The molecule has 0 radical (unpaired) electrons. The Bertz CT molecular complexity index is 366. The van der Waals surface area contributed by atoms with E-state index in [4.69, 9.17) is 10.5 Å². The van der Waals surface area contributed by atoms with Crippen molar-refractivity contribution >= 4 is 0 Å². The number of hydrogen-bond donors (Lipinski definition) is 1. The zero-order valence-electron chi connectivity index (χ0n) is 10.3. The highest BCUT2D eigenvalue weighted by Gasteiger charge is 2.46. The highest BCUT2D eigenvalue weighted by molar-refractivity contribution is 5.29. The predicted molar refractivity (Wildman–Crippen MR) is 68.9 cm³/mol. The highest BCUT2D eigenvalue weighted by Crippen LogP contribution is 2.46. The maximum atomic E-state index is 6.57. The molecule has 1 unspecified atom stereocenters. The average Bonchev–Trinajstić information content (AvgIpc) is 3.24. The van der Waals surface area contributed by atoms with E-state index in [9.17, 15) is 0 Å². The molecule has 1 heterocycles. The lowest BCUT2D eigenvalue weighted by molar-refractivity contribution is 0.0370. The van der Waals surface area contributed by atoms with Gasteiger partial charge in [-0.05, 0) is 37.2 Å². The van der Waals surface area contributed by atoms with Crippen LogP contribution in [-0.2, 0) is 10.2 Å². The lowest BCUT2D eigenvalue weighted by Crippen LogP contribution is -2.50. The summed E-state index contributed by atoms with van der Waals surface area (Å²) >= 11 is 0. The van der Waals surface area contributed by atoms with Crippen molar-refractivity contribution in [3.63, 3.8) is 0 Å². The summed E-state index contributed by atoms with van der Waals surface area (Å²) in [5.74, 6) is 0.744. The third-order valence-electron chi connectivity index (χ3n) is 4.50. The number of benzene rings is 1. The fraction of sp³-hybridized carbons (Fsp3) is 0.600. The molecule has 2 nitrogen and oxygen atoms in total. The molecule has 0 bridgehead atoms. The second-order valence-corrected chi connectivity index (χ2v) is 5.50. The van der Waals surface area contributed by atoms with Crippen LogP contribution in [0.2, 0.25) is 0 Å². The van der Waals surface area contributed by atoms with Crippen molar-refractivity contribution in [1.29, 1.82) is 0 Å². The van der Waals surface area contributed by atoms with E-state index in [2.05, 4.69) is 30.3 Å². The minimum absolute atomic E-state index is 0.167. The van der Waals surface area contributed by atoms with Crippen LogP contribution in [0.5, 0.6) is 0 Å². The maximum Gasteiger partial charge on any atom is 0.0475 e. The molecular formula is C15H21NO. The van der Waals surface area contributed by atoms with Gasteiger partial charge in [0.05, 0.1) is 0 Å². The van der Waals surface area contributed by atoms with E-state index in [1.165, 1.54) is 18.4 Å². The number of ether oxygens (including phenoxy) is 1. The molecule has 0 amide bonds. The molecule has 1 atom stereocenters. The fourth-order valence-corrected chi connectivity index (χ4v) is 3.23. The second-order valence-electron chi connectivity index (χ2n) is 5.50. The van der Waals surface area contributed by atoms with Crippen LogP contribution in [0.25, 0.3) is 0 Å². The van der Waals surface area contributed by atoms with Gasteiger partial charge in [0.15, 0.2) is 0 Å². The Morgan fingerprint density at radius 3 is 2.35 bits per heavy atom. The van der Waals surface area contributed by atoms with Crippen molar-refractivity contribution in [2.45, 2.75) is 37.1 Å². The molecule has 1 aliphatic carbocycles. The Balaban J connectivity index is 1.94. The van der Waals surface area contributed by atoms with Gasteiger partial charge in [0, 0.05) is 24.7 Å². The van der Waals surface area contributed by atoms with E-state index in [0.717, 1.165) is 32.0 Å². The number of rotatable bonds is 3. The Kier molecular flexibility index (Phi) is 2.93. The van der Waals surface area contributed by atoms with Gasteiger partial charge in [-0.1, -0.05) is 30.3 Å². The van der Waals surface area contributed by atoms with Crippen LogP contribution in [-0.4, -0.2) is 19.3 Å². The second kappa shape index (κ2) is 4.43. The molecule has 92 valence electrons. The van der Waals surface area contributed by atoms with E-state index in [1.54, 1.807) is 0 Å². The van der Waals surface area contributed by atoms with Crippen molar-refractivity contribution in [1.82, 2.24) is 0 Å². The molecule has 1 aliphatic heterocycles.